The molecule has 0 aliphatic rings. The van der Waals surface area contributed by atoms with Crippen molar-refractivity contribution < 1.29 is 18.7 Å². The Balaban J connectivity index is 2.78. The fourth-order valence-corrected chi connectivity index (χ4v) is 1.86. The number of nitrogens with zero attached hydrogens (tertiary/aromatic N) is 1. The van der Waals surface area contributed by atoms with E-state index in [1.807, 2.05) is 32.0 Å². The lowest BCUT2D eigenvalue weighted by Gasteiger charge is -2.19. The van der Waals surface area contributed by atoms with Crippen LogP contribution in [0.3, 0.4) is 0 Å². The maximum atomic E-state index is 12.3. The topological polar surface area (TPSA) is 40.5 Å². The molecule has 1 aromatic carbocycles. The number of aliphatic hydroxyl groups excluding tert-OH is 1. The number of hydrogen-bond donors (Lipinski definition) is 1. The molecule has 0 radical (unpaired) electrons. The lowest BCUT2D eigenvalue weighted by Crippen LogP contribution is -2.36. The van der Waals surface area contributed by atoms with Crippen LogP contribution in [0.15, 0.2) is 24.3 Å². The number of alkyl halides is 2. The van der Waals surface area contributed by atoms with Gasteiger partial charge in [-0.05, 0) is 31.1 Å². The number of aryl methyl sites for hydroxylation is 2. The van der Waals surface area contributed by atoms with Crippen LogP contribution in [0.5, 0.6) is 0 Å². The molecule has 1 N–H and O–H groups in total. The molecule has 0 bridgehead atoms. The second kappa shape index (κ2) is 7.75. The van der Waals surface area contributed by atoms with Crippen LogP contribution in [-0.2, 0) is 4.79 Å². The second-order valence-corrected chi connectivity index (χ2v) is 4.59. The molecule has 0 unspecified atom stereocenters. The summed E-state index contributed by atoms with van der Waals surface area (Å²) < 4.78 is 24.7. The van der Waals surface area contributed by atoms with Crippen molar-refractivity contribution in [2.24, 2.45) is 0 Å². The van der Waals surface area contributed by atoms with Crippen LogP contribution in [-0.4, -0.2) is 42.0 Å². The average molecular weight is 283 g/mol. The summed E-state index contributed by atoms with van der Waals surface area (Å²) in [4.78, 5) is 12.8. The lowest BCUT2D eigenvalue weighted by molar-refractivity contribution is -0.128. The molecule has 0 aromatic heterocycles. The monoisotopic (exact) mass is 283 g/mol. The van der Waals surface area contributed by atoms with E-state index in [-0.39, 0.29) is 13.2 Å². The summed E-state index contributed by atoms with van der Waals surface area (Å²) in [6, 6.07) is 5.77. The smallest absolute Gasteiger partial charge is 0.255 e. The van der Waals surface area contributed by atoms with Crippen molar-refractivity contribution in [2.45, 2.75) is 20.3 Å². The summed E-state index contributed by atoms with van der Waals surface area (Å²) >= 11 is 0. The summed E-state index contributed by atoms with van der Waals surface area (Å²) in [5.41, 5.74) is 2.99. The molecular formula is C15H19F2NO2. The average Bonchev–Trinajstić information content (AvgIpc) is 2.36. The Morgan fingerprint density at radius 3 is 2.65 bits per heavy atom. The maximum Gasteiger partial charge on any atom is 0.255 e. The molecule has 0 fully saturated rings. The molecule has 0 aliphatic carbocycles. The van der Waals surface area contributed by atoms with E-state index in [1.54, 1.807) is 6.08 Å². The van der Waals surface area contributed by atoms with Gasteiger partial charge in [-0.1, -0.05) is 23.8 Å². The lowest BCUT2D eigenvalue weighted by atomic mass is 10.1. The molecule has 0 atom stereocenters. The van der Waals surface area contributed by atoms with Gasteiger partial charge in [-0.3, -0.25) is 4.79 Å². The highest BCUT2D eigenvalue weighted by atomic mass is 19.3. The molecule has 3 nitrogen and oxygen atoms in total. The molecule has 1 rings (SSSR count). The van der Waals surface area contributed by atoms with Crippen molar-refractivity contribution >= 4 is 12.0 Å². The largest absolute Gasteiger partial charge is 0.395 e. The number of carbonyl (C=O) groups is 1. The second-order valence-electron chi connectivity index (χ2n) is 4.59. The van der Waals surface area contributed by atoms with E-state index in [2.05, 4.69) is 0 Å². The third kappa shape index (κ3) is 5.09. The fourth-order valence-electron chi connectivity index (χ4n) is 1.86. The van der Waals surface area contributed by atoms with Crippen LogP contribution < -0.4 is 0 Å². The molecule has 110 valence electrons. The molecule has 20 heavy (non-hydrogen) atoms. The Hall–Kier alpha value is -1.75. The number of halogens is 2. The molecule has 0 saturated heterocycles. The molecule has 5 heteroatoms. The van der Waals surface area contributed by atoms with Gasteiger partial charge in [-0.2, -0.15) is 0 Å². The Kier molecular flexibility index (Phi) is 6.31. The van der Waals surface area contributed by atoms with Gasteiger partial charge in [0.25, 0.3) is 6.43 Å². The number of benzene rings is 1. The minimum Gasteiger partial charge on any atom is -0.395 e. The zero-order valence-corrected chi connectivity index (χ0v) is 11.6. The number of amides is 1. The van der Waals surface area contributed by atoms with E-state index < -0.39 is 18.9 Å². The van der Waals surface area contributed by atoms with E-state index in [0.717, 1.165) is 21.6 Å². The van der Waals surface area contributed by atoms with Crippen molar-refractivity contribution in [3.63, 3.8) is 0 Å². The third-order valence-corrected chi connectivity index (χ3v) is 2.87. The Labute approximate surface area is 117 Å². The quantitative estimate of drug-likeness (QED) is 0.814. The molecule has 0 saturated carbocycles. The minimum absolute atomic E-state index is 0.0968. The molecule has 1 aromatic rings. The third-order valence-electron chi connectivity index (χ3n) is 2.87. The van der Waals surface area contributed by atoms with Crippen molar-refractivity contribution in [3.05, 3.63) is 41.0 Å². The first-order valence-electron chi connectivity index (χ1n) is 6.37. The van der Waals surface area contributed by atoms with Crippen LogP contribution in [0.1, 0.15) is 16.7 Å². The minimum atomic E-state index is -2.61. The van der Waals surface area contributed by atoms with Crippen molar-refractivity contribution in [1.82, 2.24) is 4.90 Å². The molecule has 0 heterocycles. The summed E-state index contributed by atoms with van der Waals surface area (Å²) in [5, 5.41) is 8.80. The van der Waals surface area contributed by atoms with E-state index in [4.69, 9.17) is 5.11 Å². The molecule has 0 aliphatic heterocycles. The number of hydrogen-bond acceptors (Lipinski definition) is 2. The first-order chi connectivity index (χ1) is 9.43. The first kappa shape index (κ1) is 16.3. The van der Waals surface area contributed by atoms with Gasteiger partial charge < -0.3 is 10.0 Å². The van der Waals surface area contributed by atoms with Crippen LogP contribution in [0.2, 0.25) is 0 Å². The SMILES string of the molecule is Cc1ccc(/C=C/C(=O)N(CCO)CC(F)F)c(C)c1. The summed E-state index contributed by atoms with van der Waals surface area (Å²) in [6.45, 7) is 2.78. The highest BCUT2D eigenvalue weighted by Gasteiger charge is 2.15. The Bertz CT molecular complexity index is 487. The van der Waals surface area contributed by atoms with E-state index >= 15 is 0 Å². The van der Waals surface area contributed by atoms with Gasteiger partial charge in [0.2, 0.25) is 5.91 Å². The Morgan fingerprint density at radius 1 is 1.40 bits per heavy atom. The van der Waals surface area contributed by atoms with Gasteiger partial charge >= 0.3 is 0 Å². The van der Waals surface area contributed by atoms with Crippen LogP contribution in [0.4, 0.5) is 8.78 Å². The zero-order chi connectivity index (χ0) is 15.1. The highest BCUT2D eigenvalue weighted by molar-refractivity contribution is 5.92. The van der Waals surface area contributed by atoms with Gasteiger partial charge in [0.15, 0.2) is 0 Å². The zero-order valence-electron chi connectivity index (χ0n) is 11.6. The van der Waals surface area contributed by atoms with Gasteiger partial charge in [-0.15, -0.1) is 0 Å². The van der Waals surface area contributed by atoms with Crippen LogP contribution in [0, 0.1) is 13.8 Å². The normalized spacial score (nSPS) is 11.3. The van der Waals surface area contributed by atoms with Gasteiger partial charge in [0.05, 0.1) is 13.2 Å². The molecule has 0 spiro atoms. The van der Waals surface area contributed by atoms with E-state index in [1.165, 1.54) is 6.08 Å². The summed E-state index contributed by atoms with van der Waals surface area (Å²) in [7, 11) is 0. The van der Waals surface area contributed by atoms with E-state index in [9.17, 15) is 13.6 Å². The van der Waals surface area contributed by atoms with Crippen LogP contribution in [0.25, 0.3) is 6.08 Å². The predicted molar refractivity (Wildman–Crippen MR) is 74.6 cm³/mol. The fraction of sp³-hybridized carbons (Fsp3) is 0.400. The predicted octanol–water partition coefficient (Wildman–Crippen LogP) is 2.40. The van der Waals surface area contributed by atoms with Crippen molar-refractivity contribution in [1.29, 1.82) is 0 Å². The van der Waals surface area contributed by atoms with Gasteiger partial charge in [0, 0.05) is 12.6 Å². The van der Waals surface area contributed by atoms with E-state index in [0.29, 0.717) is 0 Å². The van der Waals surface area contributed by atoms with Crippen molar-refractivity contribution in [2.75, 3.05) is 19.7 Å². The summed E-state index contributed by atoms with van der Waals surface area (Å²) in [6.07, 6.45) is 0.253. The Morgan fingerprint density at radius 2 is 2.10 bits per heavy atom. The van der Waals surface area contributed by atoms with Gasteiger partial charge in [-0.25, -0.2) is 8.78 Å². The number of carbonyl (C=O) groups excluding carboxylic acids is 1. The number of rotatable bonds is 6. The number of aliphatic hydroxyl groups is 1. The summed E-state index contributed by atoms with van der Waals surface area (Å²) in [5.74, 6) is -0.528. The molecular weight excluding hydrogens is 264 g/mol. The maximum absolute atomic E-state index is 12.3. The van der Waals surface area contributed by atoms with Crippen LogP contribution >= 0.6 is 0 Å². The van der Waals surface area contributed by atoms with Crippen molar-refractivity contribution in [3.8, 4) is 0 Å². The standard InChI is InChI=1S/C15H19F2NO2/c1-11-3-4-13(12(2)9-11)5-6-15(20)18(7-8-19)10-14(16)17/h3-6,9,14,19H,7-8,10H2,1-2H3/b6-5+. The first-order valence-corrected chi connectivity index (χ1v) is 6.37. The highest BCUT2D eigenvalue weighted by Crippen LogP contribution is 2.12. The van der Waals surface area contributed by atoms with Gasteiger partial charge in [0.1, 0.15) is 0 Å². The molecule has 1 amide bonds.